The van der Waals surface area contributed by atoms with Crippen molar-refractivity contribution in [3.8, 4) is 5.75 Å². The third-order valence-electron chi connectivity index (χ3n) is 8.43. The molecule has 0 unspecified atom stereocenters. The van der Waals surface area contributed by atoms with E-state index in [1.54, 1.807) is 60.4 Å². The molecule has 2 bridgehead atoms. The summed E-state index contributed by atoms with van der Waals surface area (Å²) in [6, 6.07) is 20.1. The van der Waals surface area contributed by atoms with Gasteiger partial charge in [-0.3, -0.25) is 24.0 Å². The monoisotopic (exact) mass is 669 g/mol. The lowest BCUT2D eigenvalue weighted by Crippen LogP contribution is -2.57. The zero-order valence-electron chi connectivity index (χ0n) is 28.4. The summed E-state index contributed by atoms with van der Waals surface area (Å²) in [5.41, 5.74) is 2.49. The van der Waals surface area contributed by atoms with Gasteiger partial charge in [-0.1, -0.05) is 74.5 Å². The molecular weight excluding hydrogens is 622 g/mol. The number of nitrogens with zero attached hydrogens (tertiary/aromatic N) is 1. The van der Waals surface area contributed by atoms with Gasteiger partial charge in [-0.25, -0.2) is 0 Å². The lowest BCUT2D eigenvalue weighted by Gasteiger charge is -2.25. The Hall–Kier alpha value is -5.19. The highest BCUT2D eigenvalue weighted by Gasteiger charge is 2.29. The average molecular weight is 670 g/mol. The standard InChI is InChI=1S/C38H47N5O6/c1-25(2)21-31-37(48)40-26(3)35(46)39-19-9-10-20-43(34(45)23-30-13-7-8-14-33(30)44)24-28-15-17-29(18-16-28)36(47)41-32(38(49)42-31)22-27-11-5-4-6-12-27/h4-8,11-18,25-26,31-32,44H,9-10,19-24H2,1-3H3,(H,39,46)(H,40,48)(H,41,47)(H,42,49)/t26-,31+,32-/m1/s1. The zero-order chi connectivity index (χ0) is 35.3. The van der Waals surface area contributed by atoms with Crippen LogP contribution in [0.25, 0.3) is 0 Å². The number of carbonyl (C=O) groups excluding carboxylic acids is 5. The van der Waals surface area contributed by atoms with Gasteiger partial charge in [0.15, 0.2) is 0 Å². The number of carbonyl (C=O) groups is 5. The molecule has 0 radical (unpaired) electrons. The summed E-state index contributed by atoms with van der Waals surface area (Å²) in [6.45, 7) is 6.47. The molecule has 0 fully saturated rings. The number of nitrogens with one attached hydrogen (secondary N) is 4. The predicted molar refractivity (Wildman–Crippen MR) is 186 cm³/mol. The second-order valence-corrected chi connectivity index (χ2v) is 13.0. The van der Waals surface area contributed by atoms with Crippen molar-refractivity contribution in [1.29, 1.82) is 0 Å². The molecule has 0 saturated heterocycles. The molecule has 0 spiro atoms. The van der Waals surface area contributed by atoms with Gasteiger partial charge in [0.2, 0.25) is 23.6 Å². The Balaban J connectivity index is 1.60. The number of para-hydroxylation sites is 1. The maximum Gasteiger partial charge on any atom is 0.251 e. The molecule has 0 saturated carbocycles. The minimum atomic E-state index is -0.991. The summed E-state index contributed by atoms with van der Waals surface area (Å²) in [5.74, 6) is -1.90. The van der Waals surface area contributed by atoms with Gasteiger partial charge in [-0.05, 0) is 61.4 Å². The molecule has 260 valence electrons. The number of aromatic hydroxyl groups is 1. The van der Waals surface area contributed by atoms with E-state index in [9.17, 15) is 29.1 Å². The van der Waals surface area contributed by atoms with Gasteiger partial charge in [0.05, 0.1) is 6.42 Å². The first-order chi connectivity index (χ1) is 23.5. The van der Waals surface area contributed by atoms with E-state index >= 15 is 0 Å². The predicted octanol–water partition coefficient (Wildman–Crippen LogP) is 3.25. The molecular formula is C38H47N5O6. The van der Waals surface area contributed by atoms with Crippen LogP contribution in [0.1, 0.15) is 67.1 Å². The molecule has 5 rings (SSSR count). The molecule has 3 atom stereocenters. The maximum atomic E-state index is 13.7. The molecule has 2 aliphatic rings. The van der Waals surface area contributed by atoms with E-state index in [1.165, 1.54) is 0 Å². The molecule has 5 amide bonds. The van der Waals surface area contributed by atoms with Crippen LogP contribution in [0.4, 0.5) is 0 Å². The van der Waals surface area contributed by atoms with Gasteiger partial charge < -0.3 is 31.3 Å². The first kappa shape index (κ1) is 36.6. The van der Waals surface area contributed by atoms with Gasteiger partial charge in [0.1, 0.15) is 23.9 Å². The van der Waals surface area contributed by atoms with Crippen molar-refractivity contribution in [2.45, 2.75) is 77.5 Å². The Morgan fingerprint density at radius 1 is 0.816 bits per heavy atom. The summed E-state index contributed by atoms with van der Waals surface area (Å²) < 4.78 is 0. The van der Waals surface area contributed by atoms with E-state index in [4.69, 9.17) is 0 Å². The van der Waals surface area contributed by atoms with Crippen LogP contribution < -0.4 is 21.3 Å². The van der Waals surface area contributed by atoms with Crippen molar-refractivity contribution >= 4 is 29.5 Å². The smallest absolute Gasteiger partial charge is 0.251 e. The summed E-state index contributed by atoms with van der Waals surface area (Å²) in [5, 5.41) is 21.5. The number of hydrogen-bond donors (Lipinski definition) is 5. The highest BCUT2D eigenvalue weighted by Crippen LogP contribution is 2.19. The van der Waals surface area contributed by atoms with Crippen LogP contribution in [0, 0.1) is 5.92 Å². The second-order valence-electron chi connectivity index (χ2n) is 13.0. The van der Waals surface area contributed by atoms with Crippen molar-refractivity contribution in [3.63, 3.8) is 0 Å². The van der Waals surface area contributed by atoms with E-state index < -0.39 is 35.8 Å². The fourth-order valence-corrected chi connectivity index (χ4v) is 5.66. The lowest BCUT2D eigenvalue weighted by molar-refractivity contribution is -0.132. The number of hydrogen-bond acceptors (Lipinski definition) is 6. The van der Waals surface area contributed by atoms with Gasteiger partial charge in [-0.2, -0.15) is 0 Å². The zero-order valence-corrected chi connectivity index (χ0v) is 28.4. The molecule has 3 aromatic rings. The van der Waals surface area contributed by atoms with Crippen molar-refractivity contribution < 1.29 is 29.1 Å². The van der Waals surface area contributed by atoms with Crippen LogP contribution in [0.5, 0.6) is 5.75 Å². The van der Waals surface area contributed by atoms with Crippen LogP contribution >= 0.6 is 0 Å². The number of phenols is 1. The quantitative estimate of drug-likeness (QED) is 0.254. The second kappa shape index (κ2) is 17.8. The topological polar surface area (TPSA) is 157 Å². The molecule has 0 aliphatic carbocycles. The van der Waals surface area contributed by atoms with Crippen LogP contribution in [0.2, 0.25) is 0 Å². The minimum absolute atomic E-state index is 0.0176. The van der Waals surface area contributed by atoms with E-state index in [-0.39, 0.29) is 42.9 Å². The summed E-state index contributed by atoms with van der Waals surface area (Å²) >= 11 is 0. The SMILES string of the molecule is CC(C)C[C@@H]1NC(=O)[C@@H](Cc2ccccc2)NC(=O)c2ccc(cc2)CN(C(=O)Cc2ccccc2O)CCCCNC(=O)[C@@H](C)NC1=O. The normalized spacial score (nSPS) is 20.1. The maximum absolute atomic E-state index is 13.7. The summed E-state index contributed by atoms with van der Waals surface area (Å²) in [4.78, 5) is 68.6. The fraction of sp³-hybridized carbons (Fsp3) is 0.395. The summed E-state index contributed by atoms with van der Waals surface area (Å²) in [6.07, 6.45) is 1.72. The summed E-state index contributed by atoms with van der Waals surface area (Å²) in [7, 11) is 0. The van der Waals surface area contributed by atoms with E-state index in [0.717, 1.165) is 11.1 Å². The van der Waals surface area contributed by atoms with Crippen LogP contribution in [0.3, 0.4) is 0 Å². The Bertz CT molecular complexity index is 1590. The largest absolute Gasteiger partial charge is 0.508 e. The number of phenolic OH excluding ortho intramolecular Hbond substituents is 1. The Morgan fingerprint density at radius 3 is 2.18 bits per heavy atom. The van der Waals surface area contributed by atoms with Crippen molar-refractivity contribution in [2.75, 3.05) is 13.1 Å². The Kier molecular flexibility index (Phi) is 13.3. The molecule has 2 heterocycles. The number of rotatable bonds is 6. The highest BCUT2D eigenvalue weighted by molar-refractivity contribution is 5.99. The van der Waals surface area contributed by atoms with Crippen molar-refractivity contribution in [3.05, 3.63) is 101 Å². The third kappa shape index (κ3) is 11.2. The van der Waals surface area contributed by atoms with Gasteiger partial charge in [0.25, 0.3) is 5.91 Å². The lowest BCUT2D eigenvalue weighted by atomic mass is 10.0. The van der Waals surface area contributed by atoms with Gasteiger partial charge in [-0.15, -0.1) is 0 Å². The third-order valence-corrected chi connectivity index (χ3v) is 8.43. The van der Waals surface area contributed by atoms with Crippen LogP contribution in [0.15, 0.2) is 78.9 Å². The van der Waals surface area contributed by atoms with Crippen LogP contribution in [-0.2, 0) is 38.6 Å². The van der Waals surface area contributed by atoms with E-state index in [0.29, 0.717) is 43.5 Å². The average Bonchev–Trinajstić information content (AvgIpc) is 3.07. The molecule has 3 aromatic carbocycles. The number of fused-ring (bicyclic) bond motifs is 18. The van der Waals surface area contributed by atoms with E-state index in [2.05, 4.69) is 21.3 Å². The van der Waals surface area contributed by atoms with Crippen molar-refractivity contribution in [1.82, 2.24) is 26.2 Å². The van der Waals surface area contributed by atoms with Crippen molar-refractivity contribution in [2.24, 2.45) is 5.92 Å². The van der Waals surface area contributed by atoms with E-state index in [1.807, 2.05) is 44.2 Å². The minimum Gasteiger partial charge on any atom is -0.508 e. The van der Waals surface area contributed by atoms with Gasteiger partial charge >= 0.3 is 0 Å². The van der Waals surface area contributed by atoms with Crippen LogP contribution in [-0.4, -0.2) is 70.8 Å². The highest BCUT2D eigenvalue weighted by atomic mass is 16.3. The molecule has 11 heteroatoms. The number of benzene rings is 3. The Labute approximate surface area is 287 Å². The molecule has 49 heavy (non-hydrogen) atoms. The molecule has 0 aromatic heterocycles. The Morgan fingerprint density at radius 2 is 1.49 bits per heavy atom. The molecule has 5 N–H and O–H groups in total. The molecule has 2 aliphatic heterocycles. The number of amides is 5. The first-order valence-corrected chi connectivity index (χ1v) is 16.9. The molecule has 11 nitrogen and oxygen atoms in total. The van der Waals surface area contributed by atoms with Gasteiger partial charge in [0, 0.05) is 37.2 Å². The first-order valence-electron chi connectivity index (χ1n) is 16.9. The fourth-order valence-electron chi connectivity index (χ4n) is 5.66.